The van der Waals surface area contributed by atoms with E-state index < -0.39 is 0 Å². The van der Waals surface area contributed by atoms with Crippen molar-refractivity contribution in [3.8, 4) is 16.9 Å². The highest BCUT2D eigenvalue weighted by molar-refractivity contribution is 9.09. The van der Waals surface area contributed by atoms with E-state index in [-0.39, 0.29) is 0 Å². The average molecular weight is 375 g/mol. The minimum atomic E-state index is 0.822. The van der Waals surface area contributed by atoms with Gasteiger partial charge in [0.15, 0.2) is 0 Å². The van der Waals surface area contributed by atoms with Crippen LogP contribution in [-0.2, 0) is 0 Å². The van der Waals surface area contributed by atoms with Crippen molar-refractivity contribution in [2.75, 3.05) is 11.9 Å². The maximum absolute atomic E-state index is 5.84. The molecule has 0 radical (unpaired) electrons. The van der Waals surface area contributed by atoms with E-state index in [1.165, 1.54) is 48.8 Å². The molecule has 0 fully saturated rings. The minimum absolute atomic E-state index is 0.822. The van der Waals surface area contributed by atoms with Crippen molar-refractivity contribution in [3.05, 3.63) is 54.1 Å². The molecule has 23 heavy (non-hydrogen) atoms. The number of benzene rings is 2. The van der Waals surface area contributed by atoms with Crippen LogP contribution in [0, 0.1) is 6.92 Å². The topological polar surface area (TPSA) is 9.23 Å². The number of halogens is 1. The third-order valence-corrected chi connectivity index (χ3v) is 4.60. The van der Waals surface area contributed by atoms with E-state index in [0.717, 1.165) is 24.1 Å². The second kappa shape index (κ2) is 10.5. The number of hydrogen-bond acceptors (Lipinski definition) is 1. The number of ether oxygens (including phenoxy) is 1. The quantitative estimate of drug-likeness (QED) is 0.329. The number of rotatable bonds is 10. The molecule has 124 valence electrons. The van der Waals surface area contributed by atoms with Crippen molar-refractivity contribution >= 4 is 15.9 Å². The zero-order chi connectivity index (χ0) is 16.3. The number of aryl methyl sites for hydroxylation is 1. The first-order valence-electron chi connectivity index (χ1n) is 8.65. The highest BCUT2D eigenvalue weighted by Gasteiger charge is 1.99. The first-order valence-corrected chi connectivity index (χ1v) is 9.77. The molecular formula is C21H27BrO. The van der Waals surface area contributed by atoms with Crippen LogP contribution in [0.2, 0.25) is 0 Å². The summed E-state index contributed by atoms with van der Waals surface area (Å²) >= 11 is 3.47. The molecule has 0 bridgehead atoms. The Kier molecular flexibility index (Phi) is 8.24. The Labute approximate surface area is 149 Å². The van der Waals surface area contributed by atoms with E-state index in [2.05, 4.69) is 71.4 Å². The standard InChI is InChI=1S/C21H27BrO/c1-18-8-10-19(11-9-18)20-12-14-21(15-13-20)23-17-7-5-3-2-4-6-16-22/h8-15H,2-7,16-17H2,1H3. The van der Waals surface area contributed by atoms with Gasteiger partial charge < -0.3 is 4.74 Å². The van der Waals surface area contributed by atoms with Gasteiger partial charge in [-0.25, -0.2) is 0 Å². The van der Waals surface area contributed by atoms with Crippen molar-refractivity contribution in [1.82, 2.24) is 0 Å². The molecule has 2 aromatic rings. The first-order chi connectivity index (χ1) is 11.3. The van der Waals surface area contributed by atoms with E-state index in [4.69, 9.17) is 4.74 Å². The third-order valence-electron chi connectivity index (χ3n) is 4.04. The Bertz CT molecular complexity index is 545. The van der Waals surface area contributed by atoms with E-state index in [9.17, 15) is 0 Å². The minimum Gasteiger partial charge on any atom is -0.494 e. The summed E-state index contributed by atoms with van der Waals surface area (Å²) in [5, 5.41) is 1.13. The van der Waals surface area contributed by atoms with Crippen LogP contribution in [0.3, 0.4) is 0 Å². The molecule has 1 nitrogen and oxygen atoms in total. The zero-order valence-corrected chi connectivity index (χ0v) is 15.6. The monoisotopic (exact) mass is 374 g/mol. The number of hydrogen-bond donors (Lipinski definition) is 0. The molecule has 0 N–H and O–H groups in total. The highest BCUT2D eigenvalue weighted by Crippen LogP contribution is 2.23. The fraction of sp³-hybridized carbons (Fsp3) is 0.429. The Balaban J connectivity index is 1.68. The summed E-state index contributed by atoms with van der Waals surface area (Å²) in [6.45, 7) is 2.94. The summed E-state index contributed by atoms with van der Waals surface area (Å²) in [5.74, 6) is 0.972. The van der Waals surface area contributed by atoms with Gasteiger partial charge in [-0.2, -0.15) is 0 Å². The van der Waals surface area contributed by atoms with Crippen LogP contribution in [-0.4, -0.2) is 11.9 Å². The summed E-state index contributed by atoms with van der Waals surface area (Å²) in [7, 11) is 0. The van der Waals surface area contributed by atoms with Crippen molar-refractivity contribution in [2.24, 2.45) is 0 Å². The van der Waals surface area contributed by atoms with Crippen LogP contribution in [0.1, 0.15) is 44.1 Å². The summed E-state index contributed by atoms with van der Waals surface area (Å²) in [4.78, 5) is 0. The van der Waals surface area contributed by atoms with Crippen LogP contribution in [0.15, 0.2) is 48.5 Å². The lowest BCUT2D eigenvalue weighted by Gasteiger charge is -2.08. The number of alkyl halides is 1. The highest BCUT2D eigenvalue weighted by atomic mass is 79.9. The van der Waals surface area contributed by atoms with E-state index in [0.29, 0.717) is 0 Å². The lowest BCUT2D eigenvalue weighted by molar-refractivity contribution is 0.304. The molecular weight excluding hydrogens is 348 g/mol. The Morgan fingerprint density at radius 3 is 1.83 bits per heavy atom. The number of unbranched alkanes of at least 4 members (excludes halogenated alkanes) is 5. The molecule has 0 aliphatic heterocycles. The smallest absolute Gasteiger partial charge is 0.119 e. The molecule has 0 aliphatic carbocycles. The van der Waals surface area contributed by atoms with E-state index in [1.807, 2.05) is 0 Å². The zero-order valence-electron chi connectivity index (χ0n) is 14.1. The summed E-state index contributed by atoms with van der Waals surface area (Å²) in [5.41, 5.74) is 3.79. The molecule has 0 unspecified atom stereocenters. The molecule has 0 saturated heterocycles. The predicted molar refractivity (Wildman–Crippen MR) is 104 cm³/mol. The molecule has 0 heterocycles. The Morgan fingerprint density at radius 2 is 1.22 bits per heavy atom. The Morgan fingerprint density at radius 1 is 0.696 bits per heavy atom. The van der Waals surface area contributed by atoms with Gasteiger partial charge in [-0.1, -0.05) is 83.6 Å². The van der Waals surface area contributed by atoms with Crippen LogP contribution in [0.25, 0.3) is 11.1 Å². The molecule has 0 aliphatic rings. The van der Waals surface area contributed by atoms with Gasteiger partial charge in [-0.3, -0.25) is 0 Å². The fourth-order valence-electron chi connectivity index (χ4n) is 2.58. The molecule has 2 heteroatoms. The van der Waals surface area contributed by atoms with Crippen molar-refractivity contribution < 1.29 is 4.74 Å². The van der Waals surface area contributed by atoms with Gasteiger partial charge in [0.25, 0.3) is 0 Å². The van der Waals surface area contributed by atoms with Gasteiger partial charge in [0.1, 0.15) is 5.75 Å². The lowest BCUT2D eigenvalue weighted by atomic mass is 10.0. The first kappa shape index (κ1) is 18.1. The van der Waals surface area contributed by atoms with Crippen LogP contribution in [0.5, 0.6) is 5.75 Å². The van der Waals surface area contributed by atoms with Gasteiger partial charge in [-0.05, 0) is 43.0 Å². The molecule has 0 atom stereocenters. The maximum atomic E-state index is 5.84. The molecule has 0 amide bonds. The summed E-state index contributed by atoms with van der Waals surface area (Å²) in [6, 6.07) is 17.1. The van der Waals surface area contributed by atoms with Crippen LogP contribution < -0.4 is 4.74 Å². The SMILES string of the molecule is Cc1ccc(-c2ccc(OCCCCCCCCBr)cc2)cc1. The van der Waals surface area contributed by atoms with Crippen molar-refractivity contribution in [2.45, 2.75) is 45.4 Å². The fourth-order valence-corrected chi connectivity index (χ4v) is 2.98. The van der Waals surface area contributed by atoms with Crippen LogP contribution >= 0.6 is 15.9 Å². The van der Waals surface area contributed by atoms with Gasteiger partial charge in [0, 0.05) is 5.33 Å². The van der Waals surface area contributed by atoms with E-state index in [1.54, 1.807) is 0 Å². The van der Waals surface area contributed by atoms with Gasteiger partial charge in [0.05, 0.1) is 6.61 Å². The average Bonchev–Trinajstić information content (AvgIpc) is 2.59. The molecule has 0 aromatic heterocycles. The van der Waals surface area contributed by atoms with Gasteiger partial charge in [0.2, 0.25) is 0 Å². The third kappa shape index (κ3) is 6.78. The largest absolute Gasteiger partial charge is 0.494 e. The van der Waals surface area contributed by atoms with E-state index >= 15 is 0 Å². The van der Waals surface area contributed by atoms with Crippen molar-refractivity contribution in [1.29, 1.82) is 0 Å². The molecule has 0 saturated carbocycles. The summed E-state index contributed by atoms with van der Waals surface area (Å²) < 4.78 is 5.84. The normalized spacial score (nSPS) is 10.7. The second-order valence-corrected chi connectivity index (χ2v) is 6.84. The second-order valence-electron chi connectivity index (χ2n) is 6.05. The summed E-state index contributed by atoms with van der Waals surface area (Å²) in [6.07, 6.45) is 7.72. The predicted octanol–water partition coefficient (Wildman–Crippen LogP) is 6.78. The van der Waals surface area contributed by atoms with Gasteiger partial charge in [-0.15, -0.1) is 0 Å². The van der Waals surface area contributed by atoms with Crippen LogP contribution in [0.4, 0.5) is 0 Å². The molecule has 0 spiro atoms. The molecule has 2 rings (SSSR count). The van der Waals surface area contributed by atoms with Gasteiger partial charge >= 0.3 is 0 Å². The Hall–Kier alpha value is -1.28. The van der Waals surface area contributed by atoms with Crippen molar-refractivity contribution in [3.63, 3.8) is 0 Å². The lowest BCUT2D eigenvalue weighted by Crippen LogP contribution is -1.97. The molecule has 2 aromatic carbocycles. The maximum Gasteiger partial charge on any atom is 0.119 e.